The highest BCUT2D eigenvalue weighted by Crippen LogP contribution is 2.67. The van der Waals surface area contributed by atoms with Gasteiger partial charge >= 0.3 is 0 Å². The Kier molecular flexibility index (Phi) is 3.40. The monoisotopic (exact) mass is 255 g/mol. The zero-order valence-corrected chi connectivity index (χ0v) is 12.2. The summed E-state index contributed by atoms with van der Waals surface area (Å²) in [5, 5.41) is 14.5. The number of hydrogen-bond donors (Lipinski definition) is 3. The number of carbonyl (C=O) groups is 1. The zero-order valence-electron chi connectivity index (χ0n) is 12.2. The first kappa shape index (κ1) is 14.8. The molecule has 0 aromatic carbocycles. The van der Waals surface area contributed by atoms with E-state index in [0.717, 1.165) is 0 Å². The molecule has 1 fully saturated rings. The van der Waals surface area contributed by atoms with Crippen molar-refractivity contribution < 1.29 is 10.0 Å². The molecule has 5 heteroatoms. The number of amidine groups is 1. The van der Waals surface area contributed by atoms with Crippen molar-refractivity contribution in [3.05, 3.63) is 0 Å². The van der Waals surface area contributed by atoms with E-state index in [1.165, 1.54) is 0 Å². The number of amides is 1. The van der Waals surface area contributed by atoms with E-state index in [1.807, 2.05) is 0 Å². The van der Waals surface area contributed by atoms with Gasteiger partial charge in [-0.15, -0.1) is 0 Å². The minimum atomic E-state index is -0.988. The SMILES string of the molecule is CC(C)(C(=O)NCC1C(C)(C)C1(C)C)C(N)=NO. The minimum absolute atomic E-state index is 0.0747. The van der Waals surface area contributed by atoms with Crippen molar-refractivity contribution >= 4 is 11.7 Å². The number of rotatable bonds is 4. The third-order valence-corrected chi connectivity index (χ3v) is 5.10. The van der Waals surface area contributed by atoms with Gasteiger partial charge in [0.1, 0.15) is 5.41 Å². The van der Waals surface area contributed by atoms with E-state index in [-0.39, 0.29) is 22.6 Å². The Bertz CT molecular complexity index is 370. The maximum absolute atomic E-state index is 12.0. The smallest absolute Gasteiger partial charge is 0.233 e. The molecule has 0 aliphatic heterocycles. The molecule has 1 saturated carbocycles. The van der Waals surface area contributed by atoms with Crippen molar-refractivity contribution in [3.63, 3.8) is 0 Å². The van der Waals surface area contributed by atoms with Gasteiger partial charge in [0.2, 0.25) is 5.91 Å². The van der Waals surface area contributed by atoms with Crippen molar-refractivity contribution in [2.75, 3.05) is 6.54 Å². The van der Waals surface area contributed by atoms with E-state index in [2.05, 4.69) is 38.2 Å². The molecule has 5 nitrogen and oxygen atoms in total. The second kappa shape index (κ2) is 4.14. The fraction of sp³-hybridized carbons (Fsp3) is 0.846. The Labute approximate surface area is 109 Å². The van der Waals surface area contributed by atoms with Crippen LogP contribution in [0.4, 0.5) is 0 Å². The Morgan fingerprint density at radius 1 is 1.33 bits per heavy atom. The Morgan fingerprint density at radius 2 is 1.78 bits per heavy atom. The van der Waals surface area contributed by atoms with Gasteiger partial charge in [-0.1, -0.05) is 32.9 Å². The maximum Gasteiger partial charge on any atom is 0.233 e. The van der Waals surface area contributed by atoms with Crippen LogP contribution in [-0.4, -0.2) is 23.5 Å². The van der Waals surface area contributed by atoms with E-state index in [0.29, 0.717) is 12.5 Å². The van der Waals surface area contributed by atoms with Gasteiger partial charge in [0.05, 0.1) is 0 Å². The largest absolute Gasteiger partial charge is 0.409 e. The summed E-state index contributed by atoms with van der Waals surface area (Å²) in [7, 11) is 0. The second-order valence-electron chi connectivity index (χ2n) is 6.82. The van der Waals surface area contributed by atoms with Crippen LogP contribution < -0.4 is 11.1 Å². The van der Waals surface area contributed by atoms with Crippen LogP contribution in [0, 0.1) is 22.2 Å². The molecule has 0 spiro atoms. The lowest BCUT2D eigenvalue weighted by atomic mass is 9.91. The first-order chi connectivity index (χ1) is 7.99. The highest BCUT2D eigenvalue weighted by molar-refractivity contribution is 6.05. The van der Waals surface area contributed by atoms with Crippen LogP contribution in [0.3, 0.4) is 0 Å². The normalized spacial score (nSPS) is 22.7. The number of hydrogen-bond acceptors (Lipinski definition) is 3. The van der Waals surface area contributed by atoms with Crippen molar-refractivity contribution in [1.29, 1.82) is 0 Å². The second-order valence-corrected chi connectivity index (χ2v) is 6.82. The summed E-state index contributed by atoms with van der Waals surface area (Å²) in [6.45, 7) is 12.7. The zero-order chi connectivity index (χ0) is 14.4. The van der Waals surface area contributed by atoms with Crippen LogP contribution >= 0.6 is 0 Å². The van der Waals surface area contributed by atoms with Crippen molar-refractivity contribution in [2.45, 2.75) is 41.5 Å². The predicted octanol–water partition coefficient (Wildman–Crippen LogP) is 1.56. The van der Waals surface area contributed by atoms with E-state index in [9.17, 15) is 4.79 Å². The molecular formula is C13H25N3O2. The maximum atomic E-state index is 12.0. The van der Waals surface area contributed by atoms with E-state index in [4.69, 9.17) is 10.9 Å². The molecule has 0 bridgehead atoms. The van der Waals surface area contributed by atoms with Gasteiger partial charge < -0.3 is 16.3 Å². The molecule has 18 heavy (non-hydrogen) atoms. The molecule has 1 aliphatic rings. The lowest BCUT2D eigenvalue weighted by Gasteiger charge is -2.22. The fourth-order valence-corrected chi connectivity index (χ4v) is 2.50. The van der Waals surface area contributed by atoms with Crippen LogP contribution in [0.2, 0.25) is 0 Å². The summed E-state index contributed by atoms with van der Waals surface area (Å²) >= 11 is 0. The first-order valence-electron chi connectivity index (χ1n) is 6.26. The standard InChI is InChI=1S/C13H25N3O2/c1-11(2,9(14)16-18)10(17)15-7-8-12(3,4)13(8,5)6/h8,18H,7H2,1-6H3,(H2,14,16)(H,15,17). The lowest BCUT2D eigenvalue weighted by molar-refractivity contribution is -0.126. The lowest BCUT2D eigenvalue weighted by Crippen LogP contribution is -2.46. The highest BCUT2D eigenvalue weighted by Gasteiger charge is 2.64. The van der Waals surface area contributed by atoms with Crippen LogP contribution in [0.15, 0.2) is 5.16 Å². The Hall–Kier alpha value is -1.26. The molecule has 0 atom stereocenters. The van der Waals surface area contributed by atoms with Gasteiger partial charge in [-0.3, -0.25) is 4.79 Å². The average Bonchev–Trinajstić information content (AvgIpc) is 2.65. The van der Waals surface area contributed by atoms with Gasteiger partial charge in [0.25, 0.3) is 0 Å². The number of nitrogens with two attached hydrogens (primary N) is 1. The molecule has 0 aromatic heterocycles. The third kappa shape index (κ3) is 2.06. The summed E-state index contributed by atoms with van der Waals surface area (Å²) < 4.78 is 0. The fourth-order valence-electron chi connectivity index (χ4n) is 2.50. The number of nitrogens with zero attached hydrogens (tertiary/aromatic N) is 1. The van der Waals surface area contributed by atoms with Gasteiger partial charge in [-0.05, 0) is 30.6 Å². The van der Waals surface area contributed by atoms with Crippen LogP contribution in [-0.2, 0) is 4.79 Å². The van der Waals surface area contributed by atoms with Gasteiger partial charge in [0.15, 0.2) is 5.84 Å². The van der Waals surface area contributed by atoms with Crippen molar-refractivity contribution in [3.8, 4) is 0 Å². The molecule has 104 valence electrons. The third-order valence-electron chi connectivity index (χ3n) is 5.10. The summed E-state index contributed by atoms with van der Waals surface area (Å²) in [5.41, 5.74) is 5.01. The summed E-state index contributed by atoms with van der Waals surface area (Å²) in [6, 6.07) is 0. The summed E-state index contributed by atoms with van der Waals surface area (Å²) in [5.74, 6) is 0.169. The molecule has 0 unspecified atom stereocenters. The quantitative estimate of drug-likeness (QED) is 0.308. The Morgan fingerprint density at radius 3 is 2.11 bits per heavy atom. The van der Waals surface area contributed by atoms with Gasteiger partial charge in [0, 0.05) is 6.54 Å². The number of nitrogens with one attached hydrogen (secondary N) is 1. The molecule has 1 rings (SSSR count). The molecule has 1 amide bonds. The van der Waals surface area contributed by atoms with Crippen molar-refractivity contribution in [1.82, 2.24) is 5.32 Å². The topological polar surface area (TPSA) is 87.7 Å². The Balaban J connectivity index is 2.59. The van der Waals surface area contributed by atoms with Crippen LogP contribution in [0.1, 0.15) is 41.5 Å². The van der Waals surface area contributed by atoms with Crippen LogP contribution in [0.5, 0.6) is 0 Å². The predicted molar refractivity (Wildman–Crippen MR) is 71.3 cm³/mol. The summed E-state index contributed by atoms with van der Waals surface area (Å²) in [6.07, 6.45) is 0. The van der Waals surface area contributed by atoms with Gasteiger partial charge in [-0.25, -0.2) is 0 Å². The molecular weight excluding hydrogens is 230 g/mol. The molecule has 0 saturated heterocycles. The molecule has 0 aromatic rings. The van der Waals surface area contributed by atoms with E-state index >= 15 is 0 Å². The molecule has 1 aliphatic carbocycles. The molecule has 0 radical (unpaired) electrons. The number of oxime groups is 1. The molecule has 0 heterocycles. The minimum Gasteiger partial charge on any atom is -0.409 e. The summed E-state index contributed by atoms with van der Waals surface area (Å²) in [4.78, 5) is 12.0. The average molecular weight is 255 g/mol. The number of carbonyl (C=O) groups excluding carboxylic acids is 1. The van der Waals surface area contributed by atoms with Crippen LogP contribution in [0.25, 0.3) is 0 Å². The highest BCUT2D eigenvalue weighted by atomic mass is 16.4. The van der Waals surface area contributed by atoms with Gasteiger partial charge in [-0.2, -0.15) is 0 Å². The van der Waals surface area contributed by atoms with E-state index in [1.54, 1.807) is 13.8 Å². The molecule has 4 N–H and O–H groups in total. The first-order valence-corrected chi connectivity index (χ1v) is 6.26. The van der Waals surface area contributed by atoms with E-state index < -0.39 is 5.41 Å². The van der Waals surface area contributed by atoms with Crippen molar-refractivity contribution in [2.24, 2.45) is 33.1 Å².